The number of carbonyl (C=O) groups is 1. The zero-order valence-corrected chi connectivity index (χ0v) is 11.7. The minimum absolute atomic E-state index is 0.321. The van der Waals surface area contributed by atoms with Crippen LogP contribution < -0.4 is 0 Å². The molecule has 0 aromatic heterocycles. The lowest BCUT2D eigenvalue weighted by molar-refractivity contribution is -0.908. The first-order valence-electron chi connectivity index (χ1n) is 6.70. The van der Waals surface area contributed by atoms with Gasteiger partial charge in [0.1, 0.15) is 13.2 Å². The maximum Gasteiger partial charge on any atom is 0.330 e. The van der Waals surface area contributed by atoms with Crippen molar-refractivity contribution in [3.63, 3.8) is 0 Å². The van der Waals surface area contributed by atoms with Crippen LogP contribution in [0.15, 0.2) is 12.7 Å². The Morgan fingerprint density at radius 2 is 1.94 bits per heavy atom. The van der Waals surface area contributed by atoms with Gasteiger partial charge in [0.15, 0.2) is 0 Å². The van der Waals surface area contributed by atoms with E-state index in [4.69, 9.17) is 4.74 Å². The maximum absolute atomic E-state index is 10.9. The summed E-state index contributed by atoms with van der Waals surface area (Å²) < 4.78 is 6.02. The number of likely N-dealkylation sites (N-methyl/N-ethyl adjacent to an activating group) is 1. The molecule has 0 saturated heterocycles. The molecular formula is C14H28NO2+. The molecule has 0 aliphatic heterocycles. The first-order valence-corrected chi connectivity index (χ1v) is 6.70. The maximum atomic E-state index is 10.9. The summed E-state index contributed by atoms with van der Waals surface area (Å²) in [7, 11) is 2.23. The summed E-state index contributed by atoms with van der Waals surface area (Å²) in [5, 5.41) is 0. The van der Waals surface area contributed by atoms with Gasteiger partial charge in [-0.2, -0.15) is 0 Å². The molecule has 0 aliphatic carbocycles. The summed E-state index contributed by atoms with van der Waals surface area (Å²) in [6.07, 6.45) is 6.36. The van der Waals surface area contributed by atoms with E-state index in [0.717, 1.165) is 17.6 Å². The fourth-order valence-electron chi connectivity index (χ4n) is 1.77. The Morgan fingerprint density at radius 1 is 1.24 bits per heavy atom. The van der Waals surface area contributed by atoms with Gasteiger partial charge in [-0.15, -0.1) is 0 Å². The van der Waals surface area contributed by atoms with E-state index in [1.54, 1.807) is 0 Å². The van der Waals surface area contributed by atoms with Crippen LogP contribution in [-0.4, -0.2) is 43.7 Å². The summed E-state index contributed by atoms with van der Waals surface area (Å²) >= 11 is 0. The molecule has 0 N–H and O–H groups in total. The predicted octanol–water partition coefficient (Wildman–Crippen LogP) is 2.76. The first-order chi connectivity index (χ1) is 8.08. The van der Waals surface area contributed by atoms with Crippen molar-refractivity contribution in [3.8, 4) is 0 Å². The smallest absolute Gasteiger partial charge is 0.330 e. The van der Waals surface area contributed by atoms with Crippen molar-refractivity contribution in [1.82, 2.24) is 0 Å². The predicted molar refractivity (Wildman–Crippen MR) is 71.8 cm³/mol. The highest BCUT2D eigenvalue weighted by atomic mass is 16.5. The van der Waals surface area contributed by atoms with Gasteiger partial charge in [0, 0.05) is 6.08 Å². The van der Waals surface area contributed by atoms with E-state index < -0.39 is 0 Å². The molecule has 17 heavy (non-hydrogen) atoms. The molecule has 3 heteroatoms. The number of hydrogen-bond donors (Lipinski definition) is 0. The second kappa shape index (κ2) is 9.23. The van der Waals surface area contributed by atoms with Gasteiger partial charge in [-0.1, -0.05) is 26.3 Å². The monoisotopic (exact) mass is 242 g/mol. The summed E-state index contributed by atoms with van der Waals surface area (Å²) in [5.74, 6) is -0.321. The van der Waals surface area contributed by atoms with Crippen molar-refractivity contribution >= 4 is 5.97 Å². The largest absolute Gasteiger partial charge is 0.457 e. The number of hydrogen-bond acceptors (Lipinski definition) is 2. The molecule has 0 aromatic rings. The third-order valence-electron chi connectivity index (χ3n) is 3.36. The Kier molecular flexibility index (Phi) is 8.78. The quantitative estimate of drug-likeness (QED) is 0.255. The molecule has 0 aliphatic rings. The topological polar surface area (TPSA) is 26.3 Å². The standard InChI is InChI=1S/C14H28NO2/c1-5-8-9-10-11-15(4,7-3)12-13-17-14(16)6-2/h6H,2,5,7-13H2,1,3-4H3/q+1. The third-order valence-corrected chi connectivity index (χ3v) is 3.36. The zero-order valence-electron chi connectivity index (χ0n) is 11.7. The van der Waals surface area contributed by atoms with Crippen LogP contribution in [-0.2, 0) is 9.53 Å². The molecule has 0 fully saturated rings. The number of esters is 1. The van der Waals surface area contributed by atoms with Crippen molar-refractivity contribution in [1.29, 1.82) is 0 Å². The molecule has 0 bridgehead atoms. The number of nitrogens with zero attached hydrogens (tertiary/aromatic N) is 1. The number of rotatable bonds is 10. The van der Waals surface area contributed by atoms with Crippen LogP contribution in [0.5, 0.6) is 0 Å². The second-order valence-electron chi connectivity index (χ2n) is 4.82. The van der Waals surface area contributed by atoms with Crippen LogP contribution in [0.2, 0.25) is 0 Å². The van der Waals surface area contributed by atoms with Crippen LogP contribution in [0.25, 0.3) is 0 Å². The van der Waals surface area contributed by atoms with E-state index >= 15 is 0 Å². The first kappa shape index (κ1) is 16.2. The summed E-state index contributed by atoms with van der Waals surface area (Å²) in [5.41, 5.74) is 0. The summed E-state index contributed by atoms with van der Waals surface area (Å²) in [6, 6.07) is 0. The van der Waals surface area contributed by atoms with Gasteiger partial charge in [-0.3, -0.25) is 0 Å². The molecule has 1 unspecified atom stereocenters. The van der Waals surface area contributed by atoms with E-state index in [-0.39, 0.29) is 5.97 Å². The molecule has 0 rings (SSSR count). The van der Waals surface area contributed by atoms with E-state index in [9.17, 15) is 4.79 Å². The fraction of sp³-hybridized carbons (Fsp3) is 0.786. The van der Waals surface area contributed by atoms with E-state index in [1.807, 2.05) is 0 Å². The van der Waals surface area contributed by atoms with Crippen LogP contribution in [0.1, 0.15) is 39.5 Å². The average molecular weight is 242 g/mol. The van der Waals surface area contributed by atoms with Crippen molar-refractivity contribution in [3.05, 3.63) is 12.7 Å². The lowest BCUT2D eigenvalue weighted by Crippen LogP contribution is -2.47. The van der Waals surface area contributed by atoms with Gasteiger partial charge in [0.2, 0.25) is 0 Å². The summed E-state index contributed by atoms with van der Waals surface area (Å²) in [4.78, 5) is 10.9. The van der Waals surface area contributed by atoms with Crippen molar-refractivity contribution in [2.45, 2.75) is 39.5 Å². The van der Waals surface area contributed by atoms with E-state index in [1.165, 1.54) is 38.3 Å². The minimum Gasteiger partial charge on any atom is -0.457 e. The molecule has 0 aromatic carbocycles. The zero-order chi connectivity index (χ0) is 13.1. The highest BCUT2D eigenvalue weighted by Gasteiger charge is 2.18. The average Bonchev–Trinajstić information content (AvgIpc) is 2.34. The Bertz CT molecular complexity index is 228. The molecule has 0 saturated carbocycles. The van der Waals surface area contributed by atoms with Crippen molar-refractivity contribution < 1.29 is 14.0 Å². The van der Waals surface area contributed by atoms with Crippen LogP contribution in [0.3, 0.4) is 0 Å². The van der Waals surface area contributed by atoms with Gasteiger partial charge in [0.05, 0.1) is 20.1 Å². The van der Waals surface area contributed by atoms with Gasteiger partial charge in [-0.25, -0.2) is 4.79 Å². The number of carbonyl (C=O) groups excluding carboxylic acids is 1. The highest BCUT2D eigenvalue weighted by Crippen LogP contribution is 2.07. The second-order valence-corrected chi connectivity index (χ2v) is 4.82. The number of unbranched alkanes of at least 4 members (excludes halogenated alkanes) is 3. The number of ether oxygens (including phenoxy) is 1. The Morgan fingerprint density at radius 3 is 2.47 bits per heavy atom. The molecule has 1 atom stereocenters. The highest BCUT2D eigenvalue weighted by molar-refractivity contribution is 5.81. The molecule has 0 heterocycles. The van der Waals surface area contributed by atoms with Crippen molar-refractivity contribution in [2.75, 3.05) is 33.3 Å². The molecule has 100 valence electrons. The molecule has 0 amide bonds. The van der Waals surface area contributed by atoms with Gasteiger partial charge >= 0.3 is 5.97 Å². The van der Waals surface area contributed by atoms with Crippen LogP contribution in [0, 0.1) is 0 Å². The molecule has 0 spiro atoms. The minimum atomic E-state index is -0.321. The van der Waals surface area contributed by atoms with Crippen molar-refractivity contribution in [2.24, 2.45) is 0 Å². The van der Waals surface area contributed by atoms with Gasteiger partial charge < -0.3 is 9.22 Å². The third kappa shape index (κ3) is 7.97. The number of quaternary nitrogens is 1. The fourth-order valence-corrected chi connectivity index (χ4v) is 1.77. The van der Waals surface area contributed by atoms with Gasteiger partial charge in [-0.05, 0) is 19.8 Å². The lowest BCUT2D eigenvalue weighted by atomic mass is 10.2. The molecular weight excluding hydrogens is 214 g/mol. The van der Waals surface area contributed by atoms with Crippen LogP contribution in [0.4, 0.5) is 0 Å². The lowest BCUT2D eigenvalue weighted by Gasteiger charge is -2.33. The van der Waals surface area contributed by atoms with E-state index in [2.05, 4.69) is 27.5 Å². The molecule has 3 nitrogen and oxygen atoms in total. The summed E-state index contributed by atoms with van der Waals surface area (Å²) in [6.45, 7) is 11.4. The SMILES string of the molecule is C=CC(=O)OCC[N+](C)(CC)CCCCCC. The van der Waals surface area contributed by atoms with Crippen LogP contribution >= 0.6 is 0 Å². The Hall–Kier alpha value is -0.830. The Labute approximate surface area is 106 Å². The molecule has 0 radical (unpaired) electrons. The van der Waals surface area contributed by atoms with E-state index in [0.29, 0.717) is 6.61 Å². The van der Waals surface area contributed by atoms with Gasteiger partial charge in [0.25, 0.3) is 0 Å². The normalized spacial score (nSPS) is 14.1. The Balaban J connectivity index is 3.83.